The van der Waals surface area contributed by atoms with Gasteiger partial charge in [0.05, 0.1) is 0 Å². The normalized spacial score (nSPS) is 13.8. The largest absolute Gasteiger partial charge is 0.383 e. The van der Waals surface area contributed by atoms with Crippen molar-refractivity contribution >= 4 is 11.7 Å². The quantitative estimate of drug-likeness (QED) is 0.819. The lowest BCUT2D eigenvalue weighted by atomic mass is 10.0. The molecule has 1 aromatic carbocycles. The van der Waals surface area contributed by atoms with Crippen LogP contribution in [0.3, 0.4) is 0 Å². The number of hydrogen-bond donors (Lipinski definition) is 2. The molecule has 4 nitrogen and oxygen atoms in total. The topological polar surface area (TPSA) is 65.5 Å². The molecular formula is C15H22N4. The zero-order valence-corrected chi connectivity index (χ0v) is 11.7. The average Bonchev–Trinajstić information content (AvgIpc) is 2.70. The number of aliphatic imine (C=N–C) groups is 1. The van der Waals surface area contributed by atoms with E-state index in [1.54, 1.807) is 0 Å². The minimum Gasteiger partial charge on any atom is -0.383 e. The fourth-order valence-electron chi connectivity index (χ4n) is 2.45. The summed E-state index contributed by atoms with van der Waals surface area (Å²) in [4.78, 5) is 6.43. The molecule has 3 N–H and O–H groups in total. The van der Waals surface area contributed by atoms with E-state index in [9.17, 15) is 0 Å². The molecule has 19 heavy (non-hydrogen) atoms. The van der Waals surface area contributed by atoms with E-state index in [4.69, 9.17) is 11.1 Å². The van der Waals surface area contributed by atoms with Crippen LogP contribution < -0.4 is 5.73 Å². The lowest BCUT2D eigenvalue weighted by Crippen LogP contribution is -2.24. The number of nitrogens with two attached hydrogens (primary N) is 1. The maximum atomic E-state index is 7.79. The average molecular weight is 258 g/mol. The Hall–Kier alpha value is -1.68. The maximum Gasteiger partial charge on any atom is 0.154 e. The molecule has 0 aliphatic carbocycles. The summed E-state index contributed by atoms with van der Waals surface area (Å²) in [5, 5.41) is 7.79. The van der Waals surface area contributed by atoms with Gasteiger partial charge in [0.25, 0.3) is 0 Å². The van der Waals surface area contributed by atoms with Gasteiger partial charge >= 0.3 is 0 Å². The van der Waals surface area contributed by atoms with Gasteiger partial charge in [0.15, 0.2) is 5.84 Å². The van der Waals surface area contributed by atoms with Crippen LogP contribution in [0.4, 0.5) is 0 Å². The number of nitrogens with one attached hydrogen (secondary N) is 1. The summed E-state index contributed by atoms with van der Waals surface area (Å²) < 4.78 is 0. The van der Waals surface area contributed by atoms with Gasteiger partial charge in [-0.25, -0.2) is 4.99 Å². The van der Waals surface area contributed by atoms with Crippen LogP contribution in [0.5, 0.6) is 0 Å². The van der Waals surface area contributed by atoms with Crippen LogP contribution in [0.25, 0.3) is 0 Å². The van der Waals surface area contributed by atoms with Crippen LogP contribution in [0, 0.1) is 5.41 Å². The molecule has 0 radical (unpaired) electrons. The van der Waals surface area contributed by atoms with E-state index in [1.807, 2.05) is 6.07 Å². The van der Waals surface area contributed by atoms with E-state index >= 15 is 0 Å². The first-order chi connectivity index (χ1) is 9.15. The van der Waals surface area contributed by atoms with Gasteiger partial charge in [-0.15, -0.1) is 0 Å². The fraction of sp³-hybridized carbons (Fsp3) is 0.467. The van der Waals surface area contributed by atoms with Crippen LogP contribution in [0.2, 0.25) is 0 Å². The first kappa shape index (κ1) is 13.7. The zero-order chi connectivity index (χ0) is 13.8. The third-order valence-corrected chi connectivity index (χ3v) is 3.68. The smallest absolute Gasteiger partial charge is 0.154 e. The highest BCUT2D eigenvalue weighted by atomic mass is 15.1. The van der Waals surface area contributed by atoms with E-state index in [-0.39, 0.29) is 5.84 Å². The molecule has 0 atom stereocenters. The zero-order valence-electron chi connectivity index (χ0n) is 11.7. The van der Waals surface area contributed by atoms with Gasteiger partial charge in [0.1, 0.15) is 5.84 Å². The van der Waals surface area contributed by atoms with Gasteiger partial charge < -0.3 is 10.6 Å². The van der Waals surface area contributed by atoms with Crippen molar-refractivity contribution in [2.24, 2.45) is 10.7 Å². The van der Waals surface area contributed by atoms with E-state index in [0.29, 0.717) is 5.84 Å². The van der Waals surface area contributed by atoms with Gasteiger partial charge in [0, 0.05) is 11.1 Å². The van der Waals surface area contributed by atoms with Crippen LogP contribution in [-0.4, -0.2) is 36.2 Å². The molecule has 0 saturated carbocycles. The third kappa shape index (κ3) is 3.01. The Morgan fingerprint density at radius 3 is 2.63 bits per heavy atom. The van der Waals surface area contributed by atoms with Crippen molar-refractivity contribution in [3.05, 3.63) is 34.9 Å². The number of hydrogen-bond acceptors (Lipinski definition) is 3. The Kier molecular flexibility index (Phi) is 4.32. The van der Waals surface area contributed by atoms with Crippen LogP contribution >= 0.6 is 0 Å². The van der Waals surface area contributed by atoms with E-state index in [0.717, 1.165) is 43.6 Å². The van der Waals surface area contributed by atoms with Gasteiger partial charge in [-0.1, -0.05) is 26.0 Å². The summed E-state index contributed by atoms with van der Waals surface area (Å²) in [6.07, 6.45) is 2.18. The summed E-state index contributed by atoms with van der Waals surface area (Å²) >= 11 is 0. The maximum absolute atomic E-state index is 7.79. The number of rotatable bonds is 6. The van der Waals surface area contributed by atoms with Gasteiger partial charge in [-0.3, -0.25) is 5.41 Å². The molecule has 0 aromatic heterocycles. The van der Waals surface area contributed by atoms with Crippen molar-refractivity contribution < 1.29 is 0 Å². The van der Waals surface area contributed by atoms with E-state index < -0.39 is 0 Å². The van der Waals surface area contributed by atoms with E-state index in [1.165, 1.54) is 5.56 Å². The highest BCUT2D eigenvalue weighted by Crippen LogP contribution is 2.19. The molecule has 0 amide bonds. The molecule has 1 aliphatic rings. The van der Waals surface area contributed by atoms with Crippen molar-refractivity contribution in [1.82, 2.24) is 4.90 Å². The summed E-state index contributed by atoms with van der Waals surface area (Å²) in [6, 6.07) is 6.15. The monoisotopic (exact) mass is 258 g/mol. The fourth-order valence-corrected chi connectivity index (χ4v) is 2.45. The second-order valence-electron chi connectivity index (χ2n) is 4.86. The molecule has 1 aliphatic heterocycles. The molecule has 2 rings (SSSR count). The molecule has 102 valence electrons. The van der Waals surface area contributed by atoms with Gasteiger partial charge in [-0.05, 0) is 44.1 Å². The lowest BCUT2D eigenvalue weighted by molar-refractivity contribution is 0.300. The summed E-state index contributed by atoms with van der Waals surface area (Å²) in [5.74, 6) is 0.757. The predicted molar refractivity (Wildman–Crippen MR) is 80.1 cm³/mol. The van der Waals surface area contributed by atoms with Crippen molar-refractivity contribution in [1.29, 1.82) is 5.41 Å². The molecule has 1 aromatic rings. The van der Waals surface area contributed by atoms with E-state index in [2.05, 4.69) is 35.9 Å². The van der Waals surface area contributed by atoms with Gasteiger partial charge in [-0.2, -0.15) is 0 Å². The standard InChI is InChI=1S/C15H22N4/c1-3-19(4-2)9-5-6-11-7-8-12-13(10-11)15(17)18-14(12)16/h7-8,10H,3-6,9H2,1-2H3,(H3,16,17,18). The Morgan fingerprint density at radius 1 is 1.21 bits per heavy atom. The second kappa shape index (κ2) is 5.97. The van der Waals surface area contributed by atoms with Crippen LogP contribution in [-0.2, 0) is 6.42 Å². The Balaban J connectivity index is 1.97. The van der Waals surface area contributed by atoms with Crippen molar-refractivity contribution in [2.75, 3.05) is 19.6 Å². The molecule has 0 spiro atoms. The Bertz CT molecular complexity index is 501. The van der Waals surface area contributed by atoms with Crippen molar-refractivity contribution in [2.45, 2.75) is 26.7 Å². The molecule has 1 heterocycles. The molecule has 4 heteroatoms. The first-order valence-electron chi connectivity index (χ1n) is 6.94. The molecule has 0 saturated heterocycles. The summed E-state index contributed by atoms with van der Waals surface area (Å²) in [7, 11) is 0. The van der Waals surface area contributed by atoms with Crippen molar-refractivity contribution in [3.63, 3.8) is 0 Å². The molecule has 0 fully saturated rings. The SMILES string of the molecule is CCN(CC)CCCc1ccc2c(c1)C(=N)N=C2N. The Morgan fingerprint density at radius 2 is 1.95 bits per heavy atom. The Labute approximate surface area is 114 Å². The van der Waals surface area contributed by atoms with Crippen LogP contribution in [0.1, 0.15) is 37.0 Å². The minimum absolute atomic E-state index is 0.290. The number of amidine groups is 2. The second-order valence-corrected chi connectivity index (χ2v) is 4.86. The minimum atomic E-state index is 0.290. The lowest BCUT2D eigenvalue weighted by Gasteiger charge is -2.17. The summed E-state index contributed by atoms with van der Waals surface area (Å²) in [6.45, 7) is 7.73. The number of aryl methyl sites for hydroxylation is 1. The molecule has 0 unspecified atom stereocenters. The molecule has 0 bridgehead atoms. The predicted octanol–water partition coefficient (Wildman–Crippen LogP) is 2.01. The first-order valence-corrected chi connectivity index (χ1v) is 6.94. The van der Waals surface area contributed by atoms with Crippen molar-refractivity contribution in [3.8, 4) is 0 Å². The van der Waals surface area contributed by atoms with Crippen LogP contribution in [0.15, 0.2) is 23.2 Å². The molecular weight excluding hydrogens is 236 g/mol. The summed E-state index contributed by atoms with van der Waals surface area (Å²) in [5.41, 5.74) is 8.80. The number of fused-ring (bicyclic) bond motifs is 1. The highest BCUT2D eigenvalue weighted by Gasteiger charge is 2.18. The number of benzene rings is 1. The van der Waals surface area contributed by atoms with Gasteiger partial charge in [0.2, 0.25) is 0 Å². The third-order valence-electron chi connectivity index (χ3n) is 3.68. The highest BCUT2D eigenvalue weighted by molar-refractivity contribution is 6.20. The number of nitrogens with zero attached hydrogens (tertiary/aromatic N) is 2.